The Balaban J connectivity index is 2.00. The lowest BCUT2D eigenvalue weighted by molar-refractivity contribution is 0.0370. The van der Waals surface area contributed by atoms with E-state index in [1.54, 1.807) is 0 Å². The lowest BCUT2D eigenvalue weighted by atomic mass is 9.85. The summed E-state index contributed by atoms with van der Waals surface area (Å²) in [6.07, 6.45) is 5.36. The number of aliphatic hydroxyl groups is 1. The van der Waals surface area contributed by atoms with Gasteiger partial charge in [0.2, 0.25) is 0 Å². The van der Waals surface area contributed by atoms with Crippen molar-refractivity contribution in [2.24, 2.45) is 0 Å². The van der Waals surface area contributed by atoms with Gasteiger partial charge in [0, 0.05) is 12.5 Å². The van der Waals surface area contributed by atoms with E-state index in [0.29, 0.717) is 6.04 Å². The van der Waals surface area contributed by atoms with E-state index in [0.717, 1.165) is 19.4 Å². The maximum atomic E-state index is 10.7. The lowest BCUT2D eigenvalue weighted by Gasteiger charge is -2.32. The third-order valence-corrected chi connectivity index (χ3v) is 4.17. The molecule has 1 aromatic carbocycles. The molecule has 1 saturated heterocycles. The van der Waals surface area contributed by atoms with Gasteiger partial charge < -0.3 is 10.4 Å². The topological polar surface area (TPSA) is 32.3 Å². The van der Waals surface area contributed by atoms with Gasteiger partial charge in [-0.1, -0.05) is 30.2 Å². The van der Waals surface area contributed by atoms with E-state index in [9.17, 15) is 5.11 Å². The average molecular weight is 261 g/mol. The van der Waals surface area contributed by atoms with Crippen LogP contribution in [0.15, 0.2) is 18.2 Å². The summed E-state index contributed by atoms with van der Waals surface area (Å²) in [5.41, 5.74) is 3.21. The summed E-state index contributed by atoms with van der Waals surface area (Å²) in [6.45, 7) is 7.32. The number of benzene rings is 1. The maximum absolute atomic E-state index is 10.7. The van der Waals surface area contributed by atoms with E-state index in [2.05, 4.69) is 37.4 Å². The van der Waals surface area contributed by atoms with Crippen LogP contribution in [-0.2, 0) is 6.42 Å². The van der Waals surface area contributed by atoms with Gasteiger partial charge in [0.25, 0.3) is 0 Å². The normalized spacial score (nSPS) is 23.1. The first-order valence-corrected chi connectivity index (χ1v) is 7.48. The van der Waals surface area contributed by atoms with Crippen LogP contribution in [0.5, 0.6) is 0 Å². The van der Waals surface area contributed by atoms with Crippen molar-refractivity contribution < 1.29 is 5.11 Å². The molecule has 2 nitrogen and oxygen atoms in total. The number of hydrogen-bond donors (Lipinski definition) is 2. The molecule has 0 amide bonds. The van der Waals surface area contributed by atoms with Crippen LogP contribution in [0.1, 0.15) is 49.3 Å². The Bertz CT molecular complexity index is 419. The van der Waals surface area contributed by atoms with Gasteiger partial charge in [0.1, 0.15) is 0 Å². The zero-order valence-electron chi connectivity index (χ0n) is 12.5. The fraction of sp³-hybridized carbons (Fsp3) is 0.647. The van der Waals surface area contributed by atoms with Crippen molar-refractivity contribution in [3.63, 3.8) is 0 Å². The molecule has 19 heavy (non-hydrogen) atoms. The highest BCUT2D eigenvalue weighted by atomic mass is 16.3. The Morgan fingerprint density at radius 2 is 2.11 bits per heavy atom. The van der Waals surface area contributed by atoms with Crippen molar-refractivity contribution in [2.75, 3.05) is 6.54 Å². The molecule has 0 aliphatic carbocycles. The molecule has 0 saturated carbocycles. The Morgan fingerprint density at radius 1 is 1.32 bits per heavy atom. The molecule has 1 heterocycles. The summed E-state index contributed by atoms with van der Waals surface area (Å²) in [5, 5.41) is 14.2. The van der Waals surface area contributed by atoms with Gasteiger partial charge in [-0.15, -0.1) is 0 Å². The minimum atomic E-state index is -0.618. The Morgan fingerprint density at radius 3 is 2.79 bits per heavy atom. The zero-order chi connectivity index (χ0) is 13.9. The molecule has 1 aliphatic heterocycles. The fourth-order valence-corrected chi connectivity index (χ4v) is 3.10. The third-order valence-electron chi connectivity index (χ3n) is 4.17. The third kappa shape index (κ3) is 4.32. The van der Waals surface area contributed by atoms with Crippen LogP contribution in [0.25, 0.3) is 0 Å². The van der Waals surface area contributed by atoms with Crippen molar-refractivity contribution >= 4 is 0 Å². The first kappa shape index (κ1) is 14.5. The first-order valence-electron chi connectivity index (χ1n) is 7.48. The largest absolute Gasteiger partial charge is 0.390 e. The minimum Gasteiger partial charge on any atom is -0.390 e. The van der Waals surface area contributed by atoms with Crippen molar-refractivity contribution in [1.29, 1.82) is 0 Å². The van der Waals surface area contributed by atoms with Gasteiger partial charge in [-0.3, -0.25) is 0 Å². The highest BCUT2D eigenvalue weighted by Gasteiger charge is 2.27. The van der Waals surface area contributed by atoms with Crippen LogP contribution in [0.3, 0.4) is 0 Å². The Kier molecular flexibility index (Phi) is 4.64. The molecule has 1 fully saturated rings. The maximum Gasteiger partial charge on any atom is 0.0674 e. The van der Waals surface area contributed by atoms with E-state index in [1.807, 2.05) is 6.92 Å². The summed E-state index contributed by atoms with van der Waals surface area (Å²) in [7, 11) is 0. The minimum absolute atomic E-state index is 0.480. The SMILES string of the molecule is Cc1ccc(C)c(CC(C)(O)CC2CCCCN2)c1. The van der Waals surface area contributed by atoms with Crippen LogP contribution in [0, 0.1) is 13.8 Å². The Hall–Kier alpha value is -0.860. The van der Waals surface area contributed by atoms with Gasteiger partial charge in [-0.2, -0.15) is 0 Å². The molecule has 0 aromatic heterocycles. The number of hydrogen-bond acceptors (Lipinski definition) is 2. The van der Waals surface area contributed by atoms with Crippen LogP contribution in [0.4, 0.5) is 0 Å². The van der Waals surface area contributed by atoms with Gasteiger partial charge in [-0.25, -0.2) is 0 Å². The average Bonchev–Trinajstić information content (AvgIpc) is 2.34. The predicted octanol–water partition coefficient (Wildman–Crippen LogP) is 3.13. The second-order valence-corrected chi connectivity index (χ2v) is 6.45. The van der Waals surface area contributed by atoms with Gasteiger partial charge in [-0.05, 0) is 57.7 Å². The molecule has 2 N–H and O–H groups in total. The molecule has 0 radical (unpaired) electrons. The first-order chi connectivity index (χ1) is 8.96. The van der Waals surface area contributed by atoms with Gasteiger partial charge in [0.15, 0.2) is 0 Å². The van der Waals surface area contributed by atoms with Crippen molar-refractivity contribution in [1.82, 2.24) is 5.32 Å². The Labute approximate surface area is 117 Å². The molecule has 1 aliphatic rings. The van der Waals surface area contributed by atoms with Crippen LogP contribution in [0.2, 0.25) is 0 Å². The highest BCUT2D eigenvalue weighted by molar-refractivity contribution is 5.31. The van der Waals surface area contributed by atoms with Crippen LogP contribution < -0.4 is 5.32 Å². The number of piperidine rings is 1. The second-order valence-electron chi connectivity index (χ2n) is 6.45. The van der Waals surface area contributed by atoms with E-state index in [4.69, 9.17) is 0 Å². The standard InChI is InChI=1S/C17H27NO/c1-13-7-8-14(2)15(10-13)11-17(3,19)12-16-6-4-5-9-18-16/h7-8,10,16,18-19H,4-6,9,11-12H2,1-3H3. The number of rotatable bonds is 4. The molecule has 0 spiro atoms. The molecule has 2 atom stereocenters. The predicted molar refractivity (Wildman–Crippen MR) is 80.5 cm³/mol. The monoisotopic (exact) mass is 261 g/mol. The highest BCUT2D eigenvalue weighted by Crippen LogP contribution is 2.24. The smallest absolute Gasteiger partial charge is 0.0674 e. The molecule has 2 unspecified atom stereocenters. The lowest BCUT2D eigenvalue weighted by Crippen LogP contribution is -2.42. The van der Waals surface area contributed by atoms with Gasteiger partial charge in [0.05, 0.1) is 5.60 Å². The number of aryl methyl sites for hydroxylation is 2. The molecule has 1 aromatic rings. The van der Waals surface area contributed by atoms with E-state index < -0.39 is 5.60 Å². The molecular formula is C17H27NO. The quantitative estimate of drug-likeness (QED) is 0.873. The molecule has 2 heteroatoms. The fourth-order valence-electron chi connectivity index (χ4n) is 3.10. The van der Waals surface area contributed by atoms with Crippen molar-refractivity contribution in [3.8, 4) is 0 Å². The summed E-state index contributed by atoms with van der Waals surface area (Å²) in [5.74, 6) is 0. The van der Waals surface area contributed by atoms with Gasteiger partial charge >= 0.3 is 0 Å². The van der Waals surface area contributed by atoms with Crippen LogP contribution >= 0.6 is 0 Å². The van der Waals surface area contributed by atoms with E-state index >= 15 is 0 Å². The van der Waals surface area contributed by atoms with Crippen molar-refractivity contribution in [3.05, 3.63) is 34.9 Å². The van der Waals surface area contributed by atoms with Crippen LogP contribution in [-0.4, -0.2) is 23.3 Å². The molecule has 0 bridgehead atoms. The molecule has 106 valence electrons. The number of nitrogens with one attached hydrogen (secondary N) is 1. The van der Waals surface area contributed by atoms with E-state index in [-0.39, 0.29) is 0 Å². The van der Waals surface area contributed by atoms with E-state index in [1.165, 1.54) is 36.0 Å². The summed E-state index contributed by atoms with van der Waals surface area (Å²) in [4.78, 5) is 0. The summed E-state index contributed by atoms with van der Waals surface area (Å²) < 4.78 is 0. The van der Waals surface area contributed by atoms with Crippen molar-refractivity contribution in [2.45, 2.75) is 64.5 Å². The second kappa shape index (κ2) is 6.06. The molecular weight excluding hydrogens is 234 g/mol. The summed E-state index contributed by atoms with van der Waals surface area (Å²) in [6, 6.07) is 6.97. The summed E-state index contributed by atoms with van der Waals surface area (Å²) >= 11 is 0. The molecule has 2 rings (SSSR count). The zero-order valence-corrected chi connectivity index (χ0v) is 12.5.